The van der Waals surface area contributed by atoms with Crippen LogP contribution in [-0.2, 0) is 25.6 Å². The van der Waals surface area contributed by atoms with Gasteiger partial charge in [0.25, 0.3) is 0 Å². The van der Waals surface area contributed by atoms with Crippen LogP contribution < -0.4 is 38.9 Å². The van der Waals surface area contributed by atoms with E-state index in [1.54, 1.807) is 24.3 Å². The van der Waals surface area contributed by atoms with Crippen molar-refractivity contribution in [3.63, 3.8) is 0 Å². The Morgan fingerprint density at radius 2 is 1.45 bits per heavy atom. The Morgan fingerprint density at radius 3 is 2.03 bits per heavy atom. The zero-order valence-electron chi connectivity index (χ0n) is 21.3. The third-order valence-electron chi connectivity index (χ3n) is 5.60. The lowest BCUT2D eigenvalue weighted by atomic mass is 10.0. The number of carbonyl (C=O) groups is 4. The van der Waals surface area contributed by atoms with Crippen LogP contribution in [0, 0.1) is 0 Å². The molecule has 0 aliphatic carbocycles. The molecule has 0 saturated heterocycles. The summed E-state index contributed by atoms with van der Waals surface area (Å²) >= 11 is 0. The van der Waals surface area contributed by atoms with Gasteiger partial charge in [0.15, 0.2) is 5.96 Å². The number of carboxylic acids is 1. The first kappa shape index (κ1) is 32.3. The summed E-state index contributed by atoms with van der Waals surface area (Å²) in [5.41, 5.74) is 22.9. The molecule has 1 aromatic rings. The third-order valence-corrected chi connectivity index (χ3v) is 5.60. The predicted octanol–water partition coefficient (Wildman–Crippen LogP) is -2.73. The second-order valence-corrected chi connectivity index (χ2v) is 8.73. The Hall–Kier alpha value is -3.75. The molecule has 14 nitrogen and oxygen atoms in total. The van der Waals surface area contributed by atoms with E-state index >= 15 is 0 Å². The zero-order valence-corrected chi connectivity index (χ0v) is 21.3. The van der Waals surface area contributed by atoms with E-state index in [1.165, 1.54) is 0 Å². The Balaban J connectivity index is 3.07. The first-order valence-corrected chi connectivity index (χ1v) is 12.4. The molecule has 38 heavy (non-hydrogen) atoms. The minimum Gasteiger partial charge on any atom is -0.480 e. The largest absolute Gasteiger partial charge is 0.480 e. The van der Waals surface area contributed by atoms with Crippen LogP contribution in [-0.4, -0.2) is 83.7 Å². The molecule has 0 heterocycles. The highest BCUT2D eigenvalue weighted by Crippen LogP contribution is 2.07. The van der Waals surface area contributed by atoms with Crippen molar-refractivity contribution in [2.75, 3.05) is 19.7 Å². The minimum atomic E-state index is -1.56. The van der Waals surface area contributed by atoms with Gasteiger partial charge in [0, 0.05) is 13.0 Å². The number of rotatable bonds is 18. The summed E-state index contributed by atoms with van der Waals surface area (Å²) in [4.78, 5) is 54.0. The van der Waals surface area contributed by atoms with Gasteiger partial charge in [0.2, 0.25) is 17.7 Å². The number of nitrogens with two attached hydrogens (primary N) is 4. The van der Waals surface area contributed by atoms with Crippen LogP contribution in [0.3, 0.4) is 0 Å². The lowest BCUT2D eigenvalue weighted by Gasteiger charge is -2.25. The van der Waals surface area contributed by atoms with Gasteiger partial charge in [-0.3, -0.25) is 19.4 Å². The average Bonchev–Trinajstić information content (AvgIpc) is 2.88. The maximum Gasteiger partial charge on any atom is 0.328 e. The topological polar surface area (TPSA) is 261 Å². The number of hydrogen-bond acceptors (Lipinski definition) is 8. The van der Waals surface area contributed by atoms with E-state index in [0.29, 0.717) is 25.8 Å². The fourth-order valence-electron chi connectivity index (χ4n) is 3.48. The smallest absolute Gasteiger partial charge is 0.328 e. The van der Waals surface area contributed by atoms with E-state index in [1.807, 2.05) is 6.07 Å². The number of amides is 3. The standard InChI is InChI=1S/C24H40N8O6/c25-11-5-4-9-16(26)20(34)31-18(13-15-7-2-1-3-8-15)22(36)30-17(10-6-12-29-24(27)28)21(35)32-19(14-33)23(37)38/h1-3,7-8,16-19,33H,4-6,9-14,25-26H2,(H,30,36)(H,31,34)(H,32,35)(H,37,38)(H4,27,28,29). The van der Waals surface area contributed by atoms with E-state index in [0.717, 1.165) is 5.56 Å². The first-order chi connectivity index (χ1) is 18.1. The summed E-state index contributed by atoms with van der Waals surface area (Å²) in [5, 5.41) is 25.9. The molecule has 0 spiro atoms. The van der Waals surface area contributed by atoms with E-state index in [2.05, 4.69) is 20.9 Å². The summed E-state index contributed by atoms with van der Waals surface area (Å²) in [7, 11) is 0. The monoisotopic (exact) mass is 536 g/mol. The highest BCUT2D eigenvalue weighted by atomic mass is 16.4. The molecule has 0 radical (unpaired) electrons. The van der Waals surface area contributed by atoms with E-state index in [-0.39, 0.29) is 31.8 Å². The molecule has 0 saturated carbocycles. The van der Waals surface area contributed by atoms with Crippen molar-refractivity contribution in [3.05, 3.63) is 35.9 Å². The number of hydrogen-bond donors (Lipinski definition) is 9. The van der Waals surface area contributed by atoms with Gasteiger partial charge in [-0.15, -0.1) is 0 Å². The SMILES string of the molecule is NCCCCC(N)C(=O)NC(Cc1ccccc1)C(=O)NC(CCCN=C(N)N)C(=O)NC(CO)C(=O)O. The number of guanidine groups is 1. The number of aliphatic hydroxyl groups is 1. The highest BCUT2D eigenvalue weighted by molar-refractivity contribution is 5.94. The number of nitrogens with one attached hydrogen (secondary N) is 3. The van der Waals surface area contributed by atoms with Gasteiger partial charge in [-0.25, -0.2) is 4.79 Å². The van der Waals surface area contributed by atoms with Crippen LogP contribution >= 0.6 is 0 Å². The van der Waals surface area contributed by atoms with Gasteiger partial charge in [-0.1, -0.05) is 36.8 Å². The Kier molecular flexibility index (Phi) is 15.0. The van der Waals surface area contributed by atoms with Crippen molar-refractivity contribution in [1.82, 2.24) is 16.0 Å². The maximum atomic E-state index is 13.3. The van der Waals surface area contributed by atoms with Crippen LogP contribution in [0.25, 0.3) is 0 Å². The van der Waals surface area contributed by atoms with Gasteiger partial charge in [-0.05, 0) is 37.8 Å². The van der Waals surface area contributed by atoms with Gasteiger partial charge < -0.3 is 49.1 Å². The molecular weight excluding hydrogens is 496 g/mol. The van der Waals surface area contributed by atoms with Crippen molar-refractivity contribution < 1.29 is 29.4 Å². The summed E-state index contributed by atoms with van der Waals surface area (Å²) < 4.78 is 0. The summed E-state index contributed by atoms with van der Waals surface area (Å²) in [6.45, 7) is -0.213. The van der Waals surface area contributed by atoms with Crippen LogP contribution in [0.1, 0.15) is 37.7 Å². The van der Waals surface area contributed by atoms with Gasteiger partial charge in [-0.2, -0.15) is 0 Å². The number of aliphatic hydroxyl groups excluding tert-OH is 1. The molecule has 4 atom stereocenters. The Labute approximate surface area is 221 Å². The van der Waals surface area contributed by atoms with Crippen molar-refractivity contribution in [2.45, 2.75) is 62.7 Å². The fraction of sp³-hybridized carbons (Fsp3) is 0.542. The normalized spacial score (nSPS) is 13.9. The molecule has 1 aromatic carbocycles. The van der Waals surface area contributed by atoms with E-state index in [9.17, 15) is 24.3 Å². The fourth-order valence-corrected chi connectivity index (χ4v) is 3.48. The number of carbonyl (C=O) groups excluding carboxylic acids is 3. The molecule has 0 bridgehead atoms. The summed E-state index contributed by atoms with van der Waals surface area (Å²) in [6.07, 6.45) is 2.18. The van der Waals surface area contributed by atoms with Crippen LogP contribution in [0.5, 0.6) is 0 Å². The molecule has 14 heteroatoms. The van der Waals surface area contributed by atoms with E-state index in [4.69, 9.17) is 28.0 Å². The van der Waals surface area contributed by atoms with Crippen molar-refractivity contribution in [2.24, 2.45) is 27.9 Å². The maximum absolute atomic E-state index is 13.3. The molecule has 4 unspecified atom stereocenters. The van der Waals surface area contributed by atoms with E-state index < -0.39 is 54.5 Å². The molecule has 3 amide bonds. The number of unbranched alkanes of at least 4 members (excludes halogenated alkanes) is 1. The Morgan fingerprint density at radius 1 is 0.842 bits per heavy atom. The summed E-state index contributed by atoms with van der Waals surface area (Å²) in [6, 6.07) is 4.25. The minimum absolute atomic E-state index is 0.0523. The molecule has 212 valence electrons. The number of carboxylic acid groups (broad SMARTS) is 1. The second-order valence-electron chi connectivity index (χ2n) is 8.73. The molecule has 1 rings (SSSR count). The highest BCUT2D eigenvalue weighted by Gasteiger charge is 2.30. The third kappa shape index (κ3) is 12.5. The van der Waals surface area contributed by atoms with Crippen molar-refractivity contribution in [1.29, 1.82) is 0 Å². The molecule has 0 aliphatic heterocycles. The molecule has 0 fully saturated rings. The van der Waals surface area contributed by atoms with Crippen LogP contribution in [0.2, 0.25) is 0 Å². The number of nitrogens with zero attached hydrogens (tertiary/aromatic N) is 1. The van der Waals surface area contributed by atoms with Gasteiger partial charge in [0.05, 0.1) is 12.6 Å². The number of benzene rings is 1. The zero-order chi connectivity index (χ0) is 28.5. The number of aliphatic carboxylic acids is 1. The molecule has 13 N–H and O–H groups in total. The lowest BCUT2D eigenvalue weighted by molar-refractivity contribution is -0.143. The van der Waals surface area contributed by atoms with Crippen molar-refractivity contribution >= 4 is 29.7 Å². The predicted molar refractivity (Wildman–Crippen MR) is 141 cm³/mol. The average molecular weight is 537 g/mol. The lowest BCUT2D eigenvalue weighted by Crippen LogP contribution is -2.58. The molecule has 0 aliphatic rings. The second kappa shape index (κ2) is 17.7. The summed E-state index contributed by atoms with van der Waals surface area (Å²) in [5.74, 6) is -3.61. The molecular formula is C24H40N8O6. The van der Waals surface area contributed by atoms with Crippen molar-refractivity contribution in [3.8, 4) is 0 Å². The van der Waals surface area contributed by atoms with Gasteiger partial charge in [0.1, 0.15) is 18.1 Å². The van der Waals surface area contributed by atoms with Gasteiger partial charge >= 0.3 is 5.97 Å². The number of aliphatic imine (C=N–C) groups is 1. The molecule has 0 aromatic heterocycles. The van der Waals surface area contributed by atoms with Crippen LogP contribution in [0.4, 0.5) is 0 Å². The first-order valence-electron chi connectivity index (χ1n) is 12.4. The van der Waals surface area contributed by atoms with Crippen LogP contribution in [0.15, 0.2) is 35.3 Å². The Bertz CT molecular complexity index is 926. The quantitative estimate of drug-likeness (QED) is 0.0531.